The van der Waals surface area contributed by atoms with Crippen LogP contribution in [0.1, 0.15) is 0 Å². The minimum Gasteiger partial charge on any atom is -0.398 e. The van der Waals surface area contributed by atoms with Crippen molar-refractivity contribution in [2.45, 2.75) is 4.90 Å². The monoisotopic (exact) mass is 268 g/mol. The van der Waals surface area contributed by atoms with Crippen LogP contribution in [0.25, 0.3) is 0 Å². The van der Waals surface area contributed by atoms with E-state index in [9.17, 15) is 12.8 Å². The van der Waals surface area contributed by atoms with E-state index in [4.69, 9.17) is 5.73 Å². The van der Waals surface area contributed by atoms with Crippen molar-refractivity contribution < 1.29 is 12.8 Å². The summed E-state index contributed by atoms with van der Waals surface area (Å²) in [4.78, 5) is 7.22. The lowest BCUT2D eigenvalue weighted by Crippen LogP contribution is -2.16. The number of nitrogen functional groups attached to an aromatic ring is 1. The smallest absolute Gasteiger partial charge is 0.266 e. The molecule has 0 spiro atoms. The van der Waals surface area contributed by atoms with Gasteiger partial charge in [-0.05, 0) is 24.3 Å². The second-order valence-corrected chi connectivity index (χ2v) is 5.01. The molecule has 94 valence electrons. The van der Waals surface area contributed by atoms with Crippen LogP contribution in [-0.2, 0) is 10.0 Å². The molecule has 3 N–H and O–H groups in total. The van der Waals surface area contributed by atoms with Crippen LogP contribution < -0.4 is 10.5 Å². The van der Waals surface area contributed by atoms with Gasteiger partial charge in [0, 0.05) is 12.4 Å². The van der Waals surface area contributed by atoms with Crippen molar-refractivity contribution in [3.63, 3.8) is 0 Å². The summed E-state index contributed by atoms with van der Waals surface area (Å²) in [5.74, 6) is -0.691. The average Bonchev–Trinajstić information content (AvgIpc) is 2.29. The zero-order valence-corrected chi connectivity index (χ0v) is 9.86. The van der Waals surface area contributed by atoms with E-state index in [1.54, 1.807) is 6.07 Å². The average molecular weight is 268 g/mol. The number of nitrogens with one attached hydrogen (secondary N) is 1. The van der Waals surface area contributed by atoms with Gasteiger partial charge < -0.3 is 5.73 Å². The minimum absolute atomic E-state index is 0.0822. The maximum absolute atomic E-state index is 12.8. The minimum atomic E-state index is -3.93. The molecule has 1 aromatic heterocycles. The molecular formula is C10H9FN4O2S. The number of nitrogens with zero attached hydrogens (tertiary/aromatic N) is 2. The molecule has 0 atom stereocenters. The Balaban J connectivity index is 2.37. The number of nitrogens with two attached hydrogens (primary N) is 1. The number of rotatable bonds is 3. The second-order valence-electron chi connectivity index (χ2n) is 3.36. The van der Waals surface area contributed by atoms with E-state index < -0.39 is 15.8 Å². The summed E-state index contributed by atoms with van der Waals surface area (Å²) in [5, 5.41) is 0. The van der Waals surface area contributed by atoms with Crippen molar-refractivity contribution in [2.24, 2.45) is 0 Å². The molecule has 2 rings (SSSR count). The van der Waals surface area contributed by atoms with E-state index in [1.807, 2.05) is 0 Å². The van der Waals surface area contributed by atoms with E-state index in [0.717, 1.165) is 18.2 Å². The molecule has 0 unspecified atom stereocenters. The maximum atomic E-state index is 12.8. The predicted octanol–water partition coefficient (Wildman–Crippen LogP) is 0.999. The first-order valence-corrected chi connectivity index (χ1v) is 6.32. The molecule has 1 aromatic carbocycles. The highest BCUT2D eigenvalue weighted by Gasteiger charge is 2.18. The van der Waals surface area contributed by atoms with Gasteiger partial charge in [0.15, 0.2) is 0 Å². The normalized spacial score (nSPS) is 11.2. The summed E-state index contributed by atoms with van der Waals surface area (Å²) in [7, 11) is -3.93. The highest BCUT2D eigenvalue weighted by atomic mass is 32.2. The fourth-order valence-corrected chi connectivity index (χ4v) is 2.36. The van der Waals surface area contributed by atoms with Crippen LogP contribution in [0.4, 0.5) is 16.0 Å². The number of sulfonamides is 1. The number of hydrogen-bond acceptors (Lipinski definition) is 5. The lowest BCUT2D eigenvalue weighted by atomic mass is 10.3. The molecule has 0 saturated heterocycles. The van der Waals surface area contributed by atoms with Gasteiger partial charge >= 0.3 is 0 Å². The lowest BCUT2D eigenvalue weighted by Gasteiger charge is -2.08. The Bertz CT molecular complexity index is 661. The largest absolute Gasteiger partial charge is 0.398 e. The fraction of sp³-hybridized carbons (Fsp3) is 0. The van der Waals surface area contributed by atoms with Crippen LogP contribution in [-0.4, -0.2) is 18.4 Å². The summed E-state index contributed by atoms with van der Waals surface area (Å²) in [6.45, 7) is 0. The first-order chi connectivity index (χ1) is 8.49. The second kappa shape index (κ2) is 4.57. The molecule has 0 aliphatic carbocycles. The highest BCUT2D eigenvalue weighted by Crippen LogP contribution is 2.20. The van der Waals surface area contributed by atoms with E-state index in [2.05, 4.69) is 14.7 Å². The Morgan fingerprint density at radius 3 is 2.50 bits per heavy atom. The highest BCUT2D eigenvalue weighted by molar-refractivity contribution is 7.92. The van der Waals surface area contributed by atoms with Gasteiger partial charge in [-0.15, -0.1) is 0 Å². The summed E-state index contributed by atoms with van der Waals surface area (Å²) < 4.78 is 38.9. The molecule has 2 aromatic rings. The van der Waals surface area contributed by atoms with Crippen molar-refractivity contribution in [1.29, 1.82) is 0 Å². The van der Waals surface area contributed by atoms with Crippen LogP contribution in [0.5, 0.6) is 0 Å². The Morgan fingerprint density at radius 2 is 1.89 bits per heavy atom. The fourth-order valence-electron chi connectivity index (χ4n) is 1.29. The SMILES string of the molecule is Nc1cc(F)ccc1S(=O)(=O)Nc1ncccn1. The van der Waals surface area contributed by atoms with Crippen molar-refractivity contribution in [3.05, 3.63) is 42.5 Å². The number of anilines is 2. The van der Waals surface area contributed by atoms with Crippen LogP contribution in [0.3, 0.4) is 0 Å². The van der Waals surface area contributed by atoms with Gasteiger partial charge in [0.25, 0.3) is 10.0 Å². The molecule has 0 radical (unpaired) electrons. The van der Waals surface area contributed by atoms with Gasteiger partial charge in [0.1, 0.15) is 10.7 Å². The van der Waals surface area contributed by atoms with Crippen LogP contribution in [0.15, 0.2) is 41.6 Å². The molecule has 0 amide bonds. The lowest BCUT2D eigenvalue weighted by molar-refractivity contribution is 0.600. The molecule has 1 heterocycles. The van der Waals surface area contributed by atoms with Crippen molar-refractivity contribution in [2.75, 3.05) is 10.5 Å². The molecule has 6 nitrogen and oxygen atoms in total. The summed E-state index contributed by atoms with van der Waals surface area (Å²) in [6.07, 6.45) is 2.78. The van der Waals surface area contributed by atoms with Gasteiger partial charge in [-0.3, -0.25) is 0 Å². The standard InChI is InChI=1S/C10H9FN4O2S/c11-7-2-3-9(8(12)6-7)18(16,17)15-10-13-4-1-5-14-10/h1-6H,12H2,(H,13,14,15). The first kappa shape index (κ1) is 12.2. The topological polar surface area (TPSA) is 98.0 Å². The molecule has 8 heteroatoms. The van der Waals surface area contributed by atoms with Crippen LogP contribution in [0.2, 0.25) is 0 Å². The third-order valence-electron chi connectivity index (χ3n) is 2.05. The molecule has 18 heavy (non-hydrogen) atoms. The van der Waals surface area contributed by atoms with E-state index >= 15 is 0 Å². The van der Waals surface area contributed by atoms with Crippen LogP contribution >= 0.6 is 0 Å². The predicted molar refractivity (Wildman–Crippen MR) is 63.7 cm³/mol. The Kier molecular flexibility index (Phi) is 3.11. The Morgan fingerprint density at radius 1 is 1.22 bits per heavy atom. The van der Waals surface area contributed by atoms with E-state index in [0.29, 0.717) is 0 Å². The summed E-state index contributed by atoms with van der Waals surface area (Å²) in [5.41, 5.74) is 5.28. The third-order valence-corrected chi connectivity index (χ3v) is 3.45. The van der Waals surface area contributed by atoms with E-state index in [-0.39, 0.29) is 16.5 Å². The van der Waals surface area contributed by atoms with Gasteiger partial charge in [0.05, 0.1) is 5.69 Å². The molecule has 0 aliphatic heterocycles. The van der Waals surface area contributed by atoms with Crippen molar-refractivity contribution >= 4 is 21.7 Å². The van der Waals surface area contributed by atoms with Crippen molar-refractivity contribution in [3.8, 4) is 0 Å². The third kappa shape index (κ3) is 2.54. The number of hydrogen-bond donors (Lipinski definition) is 2. The Labute approximate surface area is 103 Å². The summed E-state index contributed by atoms with van der Waals surface area (Å²) in [6, 6.07) is 4.57. The molecular weight excluding hydrogens is 259 g/mol. The summed E-state index contributed by atoms with van der Waals surface area (Å²) >= 11 is 0. The number of benzene rings is 1. The van der Waals surface area contributed by atoms with Gasteiger partial charge in [-0.1, -0.05) is 0 Å². The quantitative estimate of drug-likeness (QED) is 0.809. The molecule has 0 saturated carbocycles. The van der Waals surface area contributed by atoms with Gasteiger partial charge in [-0.2, -0.15) is 0 Å². The Hall–Kier alpha value is -2.22. The zero-order chi connectivity index (χ0) is 13.2. The van der Waals surface area contributed by atoms with E-state index in [1.165, 1.54) is 12.4 Å². The zero-order valence-electron chi connectivity index (χ0n) is 9.04. The maximum Gasteiger partial charge on any atom is 0.266 e. The first-order valence-electron chi connectivity index (χ1n) is 4.84. The van der Waals surface area contributed by atoms with Crippen LogP contribution in [0, 0.1) is 5.82 Å². The molecule has 0 fully saturated rings. The van der Waals surface area contributed by atoms with Crippen molar-refractivity contribution in [1.82, 2.24) is 9.97 Å². The number of aromatic nitrogens is 2. The van der Waals surface area contributed by atoms with Gasteiger partial charge in [0.2, 0.25) is 5.95 Å². The van der Waals surface area contributed by atoms with Gasteiger partial charge in [-0.25, -0.2) is 27.5 Å². The number of halogens is 1. The molecule has 0 bridgehead atoms. The molecule has 0 aliphatic rings.